The molecule has 18 heavy (non-hydrogen) atoms. The van der Waals surface area contributed by atoms with E-state index in [1.165, 1.54) is 6.26 Å². The lowest BCUT2D eigenvalue weighted by Crippen LogP contribution is -2.27. The van der Waals surface area contributed by atoms with Gasteiger partial charge in [-0.15, -0.1) is 0 Å². The van der Waals surface area contributed by atoms with Crippen LogP contribution in [-0.2, 0) is 0 Å². The zero-order valence-corrected chi connectivity index (χ0v) is 10.8. The second kappa shape index (κ2) is 5.52. The molecule has 1 heterocycles. The molecule has 2 aromatic rings. The largest absolute Gasteiger partial charge is 0.459 e. The summed E-state index contributed by atoms with van der Waals surface area (Å²) in [6, 6.07) is 11.7. The minimum atomic E-state index is -0.698. The van der Waals surface area contributed by atoms with Crippen molar-refractivity contribution in [3.05, 3.63) is 58.5 Å². The van der Waals surface area contributed by atoms with Crippen LogP contribution in [0.2, 0.25) is 0 Å². The van der Waals surface area contributed by atoms with Crippen LogP contribution in [-0.4, -0.2) is 5.91 Å². The van der Waals surface area contributed by atoms with Crippen molar-refractivity contribution in [2.45, 2.75) is 6.04 Å². The summed E-state index contributed by atoms with van der Waals surface area (Å²) in [6.07, 6.45) is 1.41. The number of hydrogen-bond acceptors (Lipinski definition) is 3. The first kappa shape index (κ1) is 12.4. The average Bonchev–Trinajstić information content (AvgIpc) is 2.91. The number of halogens is 1. The fourth-order valence-corrected chi connectivity index (χ4v) is 1.72. The maximum atomic E-state index is 11.8. The van der Waals surface area contributed by atoms with Gasteiger partial charge in [0.05, 0.1) is 12.3 Å². The van der Waals surface area contributed by atoms with Crippen LogP contribution in [0, 0.1) is 11.3 Å². The lowest BCUT2D eigenvalue weighted by Gasteiger charge is -2.10. The van der Waals surface area contributed by atoms with Gasteiger partial charge in [0, 0.05) is 4.47 Å². The monoisotopic (exact) mass is 304 g/mol. The molecule has 0 radical (unpaired) electrons. The second-order valence-electron chi connectivity index (χ2n) is 3.56. The summed E-state index contributed by atoms with van der Waals surface area (Å²) in [5.41, 5.74) is 0.723. The maximum absolute atomic E-state index is 11.8. The van der Waals surface area contributed by atoms with E-state index >= 15 is 0 Å². The van der Waals surface area contributed by atoms with Gasteiger partial charge in [-0.2, -0.15) is 5.26 Å². The molecule has 0 fully saturated rings. The van der Waals surface area contributed by atoms with E-state index in [-0.39, 0.29) is 5.76 Å². The molecule has 1 amide bonds. The number of nitriles is 1. The van der Waals surface area contributed by atoms with Gasteiger partial charge in [-0.05, 0) is 29.8 Å². The number of nitrogens with one attached hydrogen (secondary N) is 1. The summed E-state index contributed by atoms with van der Waals surface area (Å²) >= 11 is 3.31. The highest BCUT2D eigenvalue weighted by atomic mass is 79.9. The molecule has 1 aromatic heterocycles. The van der Waals surface area contributed by atoms with Crippen LogP contribution in [0.5, 0.6) is 0 Å². The quantitative estimate of drug-likeness (QED) is 0.948. The van der Waals surface area contributed by atoms with Gasteiger partial charge in [0.25, 0.3) is 5.91 Å². The Morgan fingerprint density at radius 2 is 2.06 bits per heavy atom. The first-order chi connectivity index (χ1) is 8.70. The van der Waals surface area contributed by atoms with Crippen molar-refractivity contribution in [3.63, 3.8) is 0 Å². The third-order valence-corrected chi connectivity index (χ3v) is 2.88. The molecule has 4 nitrogen and oxygen atoms in total. The van der Waals surface area contributed by atoms with E-state index in [2.05, 4.69) is 21.2 Å². The number of hydrogen-bond donors (Lipinski definition) is 1. The number of benzene rings is 1. The Morgan fingerprint density at radius 1 is 1.33 bits per heavy atom. The number of carbonyl (C=O) groups is 1. The minimum Gasteiger partial charge on any atom is -0.459 e. The molecule has 0 aliphatic carbocycles. The molecule has 0 aliphatic heterocycles. The van der Waals surface area contributed by atoms with E-state index in [4.69, 9.17) is 9.68 Å². The lowest BCUT2D eigenvalue weighted by atomic mass is 10.1. The molecule has 0 bridgehead atoms. The molecule has 0 saturated heterocycles. The van der Waals surface area contributed by atoms with Crippen LogP contribution < -0.4 is 5.32 Å². The predicted molar refractivity (Wildman–Crippen MR) is 68.7 cm³/mol. The molecule has 2 rings (SSSR count). The van der Waals surface area contributed by atoms with Crippen molar-refractivity contribution in [2.75, 3.05) is 0 Å². The molecule has 1 aromatic carbocycles. The summed E-state index contributed by atoms with van der Waals surface area (Å²) < 4.78 is 5.88. The smallest absolute Gasteiger partial charge is 0.288 e. The third kappa shape index (κ3) is 2.79. The van der Waals surface area contributed by atoms with Crippen LogP contribution in [0.15, 0.2) is 51.6 Å². The van der Waals surface area contributed by atoms with Crippen molar-refractivity contribution >= 4 is 21.8 Å². The van der Waals surface area contributed by atoms with E-state index in [1.54, 1.807) is 24.3 Å². The van der Waals surface area contributed by atoms with Crippen LogP contribution in [0.4, 0.5) is 0 Å². The summed E-state index contributed by atoms with van der Waals surface area (Å²) in [4.78, 5) is 11.8. The maximum Gasteiger partial charge on any atom is 0.288 e. The van der Waals surface area contributed by atoms with Crippen LogP contribution in [0.25, 0.3) is 0 Å². The Labute approximate surface area is 112 Å². The zero-order valence-electron chi connectivity index (χ0n) is 9.26. The summed E-state index contributed by atoms with van der Waals surface area (Å²) in [7, 11) is 0. The highest BCUT2D eigenvalue weighted by Gasteiger charge is 2.16. The molecular formula is C13H9BrN2O2. The van der Waals surface area contributed by atoms with E-state index in [1.807, 2.05) is 18.2 Å². The fraction of sp³-hybridized carbons (Fsp3) is 0.0769. The topological polar surface area (TPSA) is 66.0 Å². The zero-order chi connectivity index (χ0) is 13.0. The van der Waals surface area contributed by atoms with Crippen molar-refractivity contribution in [1.29, 1.82) is 5.26 Å². The predicted octanol–water partition coefficient (Wildman–Crippen LogP) is 3.04. The van der Waals surface area contributed by atoms with Gasteiger partial charge < -0.3 is 9.73 Å². The number of furan rings is 1. The number of nitrogens with zero attached hydrogens (tertiary/aromatic N) is 1. The highest BCUT2D eigenvalue weighted by Crippen LogP contribution is 2.17. The molecule has 0 saturated carbocycles. The highest BCUT2D eigenvalue weighted by molar-refractivity contribution is 9.10. The number of carbonyl (C=O) groups excluding carboxylic acids is 1. The molecular weight excluding hydrogens is 296 g/mol. The Hall–Kier alpha value is -2.06. The van der Waals surface area contributed by atoms with Gasteiger partial charge in [0.1, 0.15) is 6.04 Å². The third-order valence-electron chi connectivity index (χ3n) is 2.35. The number of amides is 1. The minimum absolute atomic E-state index is 0.187. The first-order valence-corrected chi connectivity index (χ1v) is 5.99. The SMILES string of the molecule is N#CC(NC(=O)c1ccco1)c1ccc(Br)cc1. The van der Waals surface area contributed by atoms with Crippen molar-refractivity contribution in [3.8, 4) is 6.07 Å². The van der Waals surface area contributed by atoms with Crippen LogP contribution in [0.1, 0.15) is 22.2 Å². The second-order valence-corrected chi connectivity index (χ2v) is 4.48. The van der Waals surface area contributed by atoms with E-state index in [9.17, 15) is 4.79 Å². The molecule has 0 spiro atoms. The Kier molecular flexibility index (Phi) is 3.80. The first-order valence-electron chi connectivity index (χ1n) is 5.20. The summed E-state index contributed by atoms with van der Waals surface area (Å²) in [6.45, 7) is 0. The van der Waals surface area contributed by atoms with Gasteiger partial charge in [-0.25, -0.2) is 0 Å². The van der Waals surface area contributed by atoms with Gasteiger partial charge in [0.15, 0.2) is 5.76 Å². The van der Waals surface area contributed by atoms with E-state index in [0.29, 0.717) is 0 Å². The van der Waals surface area contributed by atoms with Gasteiger partial charge >= 0.3 is 0 Å². The van der Waals surface area contributed by atoms with Crippen molar-refractivity contribution < 1.29 is 9.21 Å². The standard InChI is InChI=1S/C13H9BrN2O2/c14-10-5-3-9(4-6-10)11(8-15)16-13(17)12-2-1-7-18-12/h1-7,11H,(H,16,17). The van der Waals surface area contributed by atoms with Gasteiger partial charge in [0.2, 0.25) is 0 Å². The molecule has 1 N–H and O–H groups in total. The van der Waals surface area contributed by atoms with Crippen LogP contribution >= 0.6 is 15.9 Å². The molecule has 0 aliphatic rings. The van der Waals surface area contributed by atoms with Gasteiger partial charge in [-0.3, -0.25) is 4.79 Å². The van der Waals surface area contributed by atoms with E-state index in [0.717, 1.165) is 10.0 Å². The fourth-order valence-electron chi connectivity index (χ4n) is 1.46. The van der Waals surface area contributed by atoms with Crippen LogP contribution in [0.3, 0.4) is 0 Å². The normalized spacial score (nSPS) is 11.6. The molecule has 1 unspecified atom stereocenters. The Bertz CT molecular complexity index is 570. The lowest BCUT2D eigenvalue weighted by molar-refractivity contribution is 0.0917. The molecule has 5 heteroatoms. The summed E-state index contributed by atoms with van der Waals surface area (Å²) in [5.74, 6) is -0.221. The van der Waals surface area contributed by atoms with Crippen molar-refractivity contribution in [1.82, 2.24) is 5.32 Å². The molecule has 1 atom stereocenters. The van der Waals surface area contributed by atoms with Crippen molar-refractivity contribution in [2.24, 2.45) is 0 Å². The Morgan fingerprint density at radius 3 is 2.61 bits per heavy atom. The number of rotatable bonds is 3. The Balaban J connectivity index is 2.13. The molecule has 90 valence electrons. The van der Waals surface area contributed by atoms with E-state index < -0.39 is 11.9 Å². The summed E-state index contributed by atoms with van der Waals surface area (Å²) in [5, 5.41) is 11.7. The average molecular weight is 305 g/mol. The van der Waals surface area contributed by atoms with Gasteiger partial charge in [-0.1, -0.05) is 28.1 Å².